The topological polar surface area (TPSA) is 46.5 Å². The predicted molar refractivity (Wildman–Crippen MR) is 80.2 cm³/mol. The molecule has 0 aliphatic heterocycles. The fraction of sp³-hybridized carbons (Fsp3) is 0.533. The number of carbonyl (C=O) groups is 1. The highest BCUT2D eigenvalue weighted by atomic mass is 28.4. The third-order valence-corrected chi connectivity index (χ3v) is 8.06. The second-order valence-corrected chi connectivity index (χ2v) is 11.1. The van der Waals surface area contributed by atoms with E-state index in [1.807, 2.05) is 24.3 Å². The number of rotatable bonds is 5. The van der Waals surface area contributed by atoms with E-state index in [2.05, 4.69) is 33.9 Å². The quantitative estimate of drug-likeness (QED) is 0.826. The van der Waals surface area contributed by atoms with Gasteiger partial charge in [-0.25, -0.2) is 0 Å². The highest BCUT2D eigenvalue weighted by Crippen LogP contribution is 2.37. The van der Waals surface area contributed by atoms with Crippen molar-refractivity contribution in [2.45, 2.75) is 51.7 Å². The van der Waals surface area contributed by atoms with Gasteiger partial charge in [-0.15, -0.1) is 0 Å². The van der Waals surface area contributed by atoms with E-state index in [1.54, 1.807) is 0 Å². The van der Waals surface area contributed by atoms with E-state index in [4.69, 9.17) is 9.53 Å². The molecule has 0 saturated heterocycles. The Kier molecular flexibility index (Phi) is 4.79. The van der Waals surface area contributed by atoms with Crippen LogP contribution >= 0.6 is 0 Å². The zero-order valence-corrected chi connectivity index (χ0v) is 13.5. The molecular weight excluding hydrogens is 256 g/mol. The first kappa shape index (κ1) is 15.8. The molecule has 4 heteroatoms. The van der Waals surface area contributed by atoms with Gasteiger partial charge in [0.15, 0.2) is 0 Å². The van der Waals surface area contributed by atoms with E-state index in [-0.39, 0.29) is 11.5 Å². The highest BCUT2D eigenvalue weighted by Gasteiger charge is 2.38. The molecule has 0 spiro atoms. The van der Waals surface area contributed by atoms with Crippen LogP contribution in [-0.2, 0) is 11.2 Å². The predicted octanol–water partition coefficient (Wildman–Crippen LogP) is 4.09. The minimum Gasteiger partial charge on any atom is -0.543 e. The molecule has 1 aromatic rings. The number of carboxylic acid groups (broad SMARTS) is 1. The van der Waals surface area contributed by atoms with Crippen LogP contribution in [0.3, 0.4) is 0 Å². The zero-order chi connectivity index (χ0) is 14.7. The molecule has 0 fully saturated rings. The van der Waals surface area contributed by atoms with Crippen LogP contribution in [0.2, 0.25) is 18.1 Å². The van der Waals surface area contributed by atoms with Crippen LogP contribution in [0.4, 0.5) is 0 Å². The minimum absolute atomic E-state index is 0.156. The highest BCUT2D eigenvalue weighted by molar-refractivity contribution is 6.74. The summed E-state index contributed by atoms with van der Waals surface area (Å²) in [4.78, 5) is 10.6. The Morgan fingerprint density at radius 1 is 1.32 bits per heavy atom. The van der Waals surface area contributed by atoms with Crippen molar-refractivity contribution in [1.29, 1.82) is 0 Å². The molecule has 0 atom stereocenters. The van der Waals surface area contributed by atoms with Crippen molar-refractivity contribution in [2.75, 3.05) is 0 Å². The maximum absolute atomic E-state index is 10.6. The Labute approximate surface area is 116 Å². The lowest BCUT2D eigenvalue weighted by molar-refractivity contribution is -0.136. The number of hydrogen-bond acceptors (Lipinski definition) is 2. The summed E-state index contributed by atoms with van der Waals surface area (Å²) in [6, 6.07) is 7.79. The van der Waals surface area contributed by atoms with Crippen molar-refractivity contribution < 1.29 is 14.3 Å². The Morgan fingerprint density at radius 3 is 2.47 bits per heavy atom. The summed E-state index contributed by atoms with van der Waals surface area (Å²) in [5.74, 6) is 0.0881. The van der Waals surface area contributed by atoms with E-state index >= 15 is 0 Å². The van der Waals surface area contributed by atoms with E-state index in [0.717, 1.165) is 11.3 Å². The summed E-state index contributed by atoms with van der Waals surface area (Å²) < 4.78 is 6.21. The van der Waals surface area contributed by atoms with Crippen LogP contribution < -0.4 is 4.43 Å². The summed E-state index contributed by atoms with van der Waals surface area (Å²) in [7, 11) is -1.83. The van der Waals surface area contributed by atoms with Crippen molar-refractivity contribution in [1.82, 2.24) is 0 Å². The molecule has 0 aliphatic carbocycles. The van der Waals surface area contributed by atoms with Crippen LogP contribution in [0.15, 0.2) is 24.3 Å². The number of hydrogen-bond donors (Lipinski definition) is 1. The minimum atomic E-state index is -1.83. The summed E-state index contributed by atoms with van der Waals surface area (Å²) in [5.41, 5.74) is 1.01. The first-order valence-corrected chi connectivity index (χ1v) is 9.52. The molecule has 1 rings (SSSR count). The lowest BCUT2D eigenvalue weighted by atomic mass is 10.1. The second-order valence-electron chi connectivity index (χ2n) is 6.40. The van der Waals surface area contributed by atoms with Crippen LogP contribution in [0.1, 0.15) is 32.8 Å². The van der Waals surface area contributed by atoms with Crippen LogP contribution in [-0.4, -0.2) is 19.4 Å². The summed E-state index contributed by atoms with van der Waals surface area (Å²) >= 11 is 0. The molecule has 0 amide bonds. The average Bonchev–Trinajstić information content (AvgIpc) is 2.24. The maximum atomic E-state index is 10.6. The zero-order valence-electron chi connectivity index (χ0n) is 12.5. The smallest absolute Gasteiger partial charge is 0.303 e. The number of aryl methyl sites for hydroxylation is 1. The van der Waals surface area contributed by atoms with E-state index < -0.39 is 14.3 Å². The monoisotopic (exact) mass is 280 g/mol. The second kappa shape index (κ2) is 5.78. The summed E-state index contributed by atoms with van der Waals surface area (Å²) in [6.07, 6.45) is 0.702. The van der Waals surface area contributed by atoms with Gasteiger partial charge in [-0.1, -0.05) is 32.9 Å². The number of benzene rings is 1. The van der Waals surface area contributed by atoms with Crippen molar-refractivity contribution in [3.8, 4) is 5.75 Å². The summed E-state index contributed by atoms with van der Waals surface area (Å²) in [6.45, 7) is 11.0. The first-order chi connectivity index (χ1) is 8.62. The van der Waals surface area contributed by atoms with Crippen molar-refractivity contribution >= 4 is 14.3 Å². The fourth-order valence-electron chi connectivity index (χ4n) is 1.46. The van der Waals surface area contributed by atoms with Gasteiger partial charge in [0, 0.05) is 6.42 Å². The van der Waals surface area contributed by atoms with Gasteiger partial charge in [0.2, 0.25) is 8.32 Å². The molecular formula is C15H24O3Si. The molecule has 0 radical (unpaired) electrons. The van der Waals surface area contributed by atoms with Gasteiger partial charge < -0.3 is 9.53 Å². The first-order valence-electron chi connectivity index (χ1n) is 6.61. The lowest BCUT2D eigenvalue weighted by Crippen LogP contribution is -2.43. The summed E-state index contributed by atoms with van der Waals surface area (Å²) in [5, 5.41) is 8.87. The molecule has 3 nitrogen and oxygen atoms in total. The SMILES string of the molecule is CC(C)(C)[Si](C)(C)Oc1cccc(CCC(=O)O)c1. The molecule has 0 aromatic heterocycles. The van der Waals surface area contributed by atoms with Gasteiger partial charge >= 0.3 is 5.97 Å². The van der Waals surface area contributed by atoms with Gasteiger partial charge in [-0.05, 0) is 42.2 Å². The molecule has 106 valence electrons. The third kappa shape index (κ3) is 4.71. The van der Waals surface area contributed by atoms with Gasteiger partial charge in [-0.3, -0.25) is 4.79 Å². The lowest BCUT2D eigenvalue weighted by Gasteiger charge is -2.36. The molecule has 0 saturated carbocycles. The molecule has 0 heterocycles. The van der Waals surface area contributed by atoms with Crippen LogP contribution in [0.5, 0.6) is 5.75 Å². The van der Waals surface area contributed by atoms with Crippen molar-refractivity contribution in [3.63, 3.8) is 0 Å². The Hall–Kier alpha value is -1.29. The Bertz CT molecular complexity index is 447. The maximum Gasteiger partial charge on any atom is 0.303 e. The van der Waals surface area contributed by atoms with Gasteiger partial charge in [0.1, 0.15) is 5.75 Å². The van der Waals surface area contributed by atoms with Gasteiger partial charge in [0.05, 0.1) is 0 Å². The van der Waals surface area contributed by atoms with Crippen LogP contribution in [0, 0.1) is 0 Å². The van der Waals surface area contributed by atoms with E-state index in [1.165, 1.54) is 0 Å². The van der Waals surface area contributed by atoms with E-state index in [9.17, 15) is 4.79 Å². The number of aliphatic carboxylic acids is 1. The number of carboxylic acids is 1. The van der Waals surface area contributed by atoms with Crippen molar-refractivity contribution in [2.24, 2.45) is 0 Å². The Morgan fingerprint density at radius 2 is 1.95 bits per heavy atom. The molecule has 1 N–H and O–H groups in total. The van der Waals surface area contributed by atoms with Gasteiger partial charge in [-0.2, -0.15) is 0 Å². The molecule has 0 unspecified atom stereocenters. The average molecular weight is 280 g/mol. The fourth-order valence-corrected chi connectivity index (χ4v) is 2.49. The van der Waals surface area contributed by atoms with Crippen LogP contribution in [0.25, 0.3) is 0 Å². The molecule has 0 bridgehead atoms. The largest absolute Gasteiger partial charge is 0.543 e. The van der Waals surface area contributed by atoms with Gasteiger partial charge in [0.25, 0.3) is 0 Å². The Balaban J connectivity index is 2.80. The van der Waals surface area contributed by atoms with E-state index in [0.29, 0.717) is 6.42 Å². The molecule has 0 aliphatic rings. The molecule has 1 aromatic carbocycles. The molecule has 19 heavy (non-hydrogen) atoms. The van der Waals surface area contributed by atoms with Crippen molar-refractivity contribution in [3.05, 3.63) is 29.8 Å². The normalized spacial score (nSPS) is 12.3. The third-order valence-electron chi connectivity index (χ3n) is 3.71. The standard InChI is InChI=1S/C15H24O3Si/c1-15(2,3)19(4,5)18-13-8-6-7-12(11-13)9-10-14(16)17/h6-8,11H,9-10H2,1-5H3,(H,16,17).